The van der Waals surface area contributed by atoms with Crippen LogP contribution in [0.4, 0.5) is 10.5 Å². The van der Waals surface area contributed by atoms with Gasteiger partial charge in [-0.15, -0.1) is 0 Å². The van der Waals surface area contributed by atoms with Gasteiger partial charge >= 0.3 is 6.03 Å². The maximum absolute atomic E-state index is 13.1. The Morgan fingerprint density at radius 2 is 2.00 bits per heavy atom. The molecule has 3 heterocycles. The Morgan fingerprint density at radius 3 is 2.68 bits per heavy atom. The molecule has 1 atom stereocenters. The van der Waals surface area contributed by atoms with Gasteiger partial charge in [-0.1, -0.05) is 29.7 Å². The van der Waals surface area contributed by atoms with Crippen LogP contribution in [0.3, 0.4) is 0 Å². The summed E-state index contributed by atoms with van der Waals surface area (Å²) in [5, 5.41) is 7.75. The van der Waals surface area contributed by atoms with Gasteiger partial charge in [-0.25, -0.2) is 4.79 Å². The van der Waals surface area contributed by atoms with Crippen LogP contribution in [0.5, 0.6) is 5.75 Å². The molecule has 3 fully saturated rings. The van der Waals surface area contributed by atoms with Gasteiger partial charge in [-0.2, -0.15) is 4.98 Å². The number of benzene rings is 1. The fourth-order valence-corrected chi connectivity index (χ4v) is 5.03. The maximum atomic E-state index is 13.1. The van der Waals surface area contributed by atoms with E-state index in [4.69, 9.17) is 20.9 Å². The zero-order chi connectivity index (χ0) is 23.9. The van der Waals surface area contributed by atoms with E-state index in [-0.39, 0.29) is 17.6 Å². The van der Waals surface area contributed by atoms with Crippen LogP contribution >= 0.6 is 11.6 Å². The summed E-state index contributed by atoms with van der Waals surface area (Å²) in [7, 11) is 0. The topological polar surface area (TPSA) is 83.7 Å². The average Bonchev–Trinajstić information content (AvgIpc) is 3.33. The normalized spacial score (nSPS) is 22.9. The highest BCUT2D eigenvalue weighted by Gasteiger charge is 2.39. The van der Waals surface area contributed by atoms with Gasteiger partial charge in [0.15, 0.2) is 5.82 Å². The minimum absolute atomic E-state index is 0.0858. The molecule has 1 N–H and O–H groups in total. The lowest BCUT2D eigenvalue weighted by Gasteiger charge is -2.37. The molecule has 184 valence electrons. The molecule has 34 heavy (non-hydrogen) atoms. The monoisotopic (exact) mass is 487 g/mol. The summed E-state index contributed by atoms with van der Waals surface area (Å²) < 4.78 is 11.8. The van der Waals surface area contributed by atoms with Crippen molar-refractivity contribution in [1.82, 2.24) is 19.9 Å². The van der Waals surface area contributed by atoms with Crippen molar-refractivity contribution in [2.24, 2.45) is 0 Å². The summed E-state index contributed by atoms with van der Waals surface area (Å²) >= 11 is 6.48. The van der Waals surface area contributed by atoms with Crippen molar-refractivity contribution in [3.63, 3.8) is 0 Å². The molecule has 1 aliphatic carbocycles. The van der Waals surface area contributed by atoms with Gasteiger partial charge in [0.1, 0.15) is 17.5 Å². The standard InChI is InChI=1S/C25H34ClN5O3/c1-16(2)31-12-9-18(15-31)33-20-6-4-5-19(26)21(20)27-24(32)30-13-10-25(3,11-14-30)23-28-22(34-29-23)17-7-8-17/h4-6,16-18H,7-15H2,1-3H3,(H,27,32). The molecule has 0 bridgehead atoms. The third-order valence-corrected chi connectivity index (χ3v) is 7.79. The molecule has 0 radical (unpaired) electrons. The molecule has 1 aromatic heterocycles. The number of nitrogens with zero attached hydrogens (tertiary/aromatic N) is 4. The predicted octanol–water partition coefficient (Wildman–Crippen LogP) is 5.05. The second-order valence-electron chi connectivity index (χ2n) is 10.4. The minimum atomic E-state index is -0.184. The molecule has 8 nitrogen and oxygen atoms in total. The van der Waals surface area contributed by atoms with Crippen molar-refractivity contribution in [3.05, 3.63) is 34.9 Å². The van der Waals surface area contributed by atoms with E-state index in [1.54, 1.807) is 6.07 Å². The molecule has 9 heteroatoms. The third kappa shape index (κ3) is 4.89. The Labute approximate surface area is 206 Å². The number of amides is 2. The summed E-state index contributed by atoms with van der Waals surface area (Å²) in [4.78, 5) is 22.0. The Kier molecular flexibility index (Phi) is 6.46. The number of carbonyl (C=O) groups is 1. The number of anilines is 1. The van der Waals surface area contributed by atoms with Crippen molar-refractivity contribution < 1.29 is 14.1 Å². The van der Waals surface area contributed by atoms with E-state index in [0.717, 1.165) is 56.9 Å². The summed E-state index contributed by atoms with van der Waals surface area (Å²) in [6.07, 6.45) is 4.88. The molecule has 2 amide bonds. The first kappa shape index (κ1) is 23.4. The lowest BCUT2D eigenvalue weighted by atomic mass is 9.80. The number of halogens is 1. The van der Waals surface area contributed by atoms with Crippen LogP contribution in [0, 0.1) is 0 Å². The van der Waals surface area contributed by atoms with Gasteiger partial charge in [0.2, 0.25) is 5.89 Å². The molecule has 3 aliphatic rings. The van der Waals surface area contributed by atoms with Crippen molar-refractivity contribution in [3.8, 4) is 5.75 Å². The first-order valence-corrected chi connectivity index (χ1v) is 12.8. The zero-order valence-corrected chi connectivity index (χ0v) is 21.0. The second kappa shape index (κ2) is 9.38. The highest BCUT2D eigenvalue weighted by Crippen LogP contribution is 2.41. The number of carbonyl (C=O) groups excluding carboxylic acids is 1. The first-order chi connectivity index (χ1) is 16.3. The fraction of sp³-hybridized carbons (Fsp3) is 0.640. The van der Waals surface area contributed by atoms with Crippen molar-refractivity contribution in [2.75, 3.05) is 31.5 Å². The van der Waals surface area contributed by atoms with Crippen LogP contribution < -0.4 is 10.1 Å². The number of rotatable bonds is 6. The summed E-state index contributed by atoms with van der Waals surface area (Å²) in [5.74, 6) is 2.60. The molecule has 1 aromatic carbocycles. The van der Waals surface area contributed by atoms with Crippen molar-refractivity contribution in [2.45, 2.75) is 76.4 Å². The molecular formula is C25H34ClN5O3. The van der Waals surface area contributed by atoms with Crippen molar-refractivity contribution >= 4 is 23.3 Å². The number of urea groups is 1. The van der Waals surface area contributed by atoms with Crippen LogP contribution in [-0.2, 0) is 5.41 Å². The molecular weight excluding hydrogens is 454 g/mol. The van der Waals surface area contributed by atoms with E-state index in [2.05, 4.69) is 41.1 Å². The number of nitrogens with one attached hydrogen (secondary N) is 1. The first-order valence-electron chi connectivity index (χ1n) is 12.4. The van der Waals surface area contributed by atoms with E-state index in [1.807, 2.05) is 17.0 Å². The predicted molar refractivity (Wildman–Crippen MR) is 131 cm³/mol. The van der Waals surface area contributed by atoms with Crippen molar-refractivity contribution in [1.29, 1.82) is 0 Å². The Balaban J connectivity index is 1.21. The van der Waals surface area contributed by atoms with Crippen LogP contribution in [-0.4, -0.2) is 64.3 Å². The number of piperidine rings is 1. The van der Waals surface area contributed by atoms with Crippen LogP contribution in [0.2, 0.25) is 5.02 Å². The number of hydrogen-bond acceptors (Lipinski definition) is 6. The summed E-state index contributed by atoms with van der Waals surface area (Å²) in [5.41, 5.74) is 0.356. The van der Waals surface area contributed by atoms with Gasteiger partial charge in [0.25, 0.3) is 0 Å². The lowest BCUT2D eigenvalue weighted by Crippen LogP contribution is -2.46. The third-order valence-electron chi connectivity index (χ3n) is 7.47. The van der Waals surface area contributed by atoms with E-state index >= 15 is 0 Å². The molecule has 2 aliphatic heterocycles. The zero-order valence-electron chi connectivity index (χ0n) is 20.2. The SMILES string of the molecule is CC(C)N1CCC(Oc2cccc(Cl)c2NC(=O)N2CCC(C)(c3noc(C4CC4)n3)CC2)C1. The number of aromatic nitrogens is 2. The van der Waals surface area contributed by atoms with E-state index in [9.17, 15) is 4.79 Å². The number of likely N-dealkylation sites (tertiary alicyclic amines) is 2. The number of para-hydroxylation sites is 1. The lowest BCUT2D eigenvalue weighted by molar-refractivity contribution is 0.168. The Hall–Kier alpha value is -2.32. The van der Waals surface area contributed by atoms with E-state index in [1.165, 1.54) is 0 Å². The molecule has 1 unspecified atom stereocenters. The van der Waals surface area contributed by atoms with Gasteiger partial charge in [-0.05, 0) is 58.1 Å². The fourth-order valence-electron chi connectivity index (χ4n) is 4.81. The molecule has 2 saturated heterocycles. The molecule has 1 saturated carbocycles. The quantitative estimate of drug-likeness (QED) is 0.614. The smallest absolute Gasteiger partial charge is 0.321 e. The van der Waals surface area contributed by atoms with Gasteiger partial charge in [0.05, 0.1) is 5.02 Å². The number of hydrogen-bond donors (Lipinski definition) is 1. The second-order valence-corrected chi connectivity index (χ2v) is 10.8. The van der Waals surface area contributed by atoms with E-state index in [0.29, 0.717) is 41.5 Å². The van der Waals surface area contributed by atoms with E-state index < -0.39 is 0 Å². The average molecular weight is 488 g/mol. The van der Waals surface area contributed by atoms with Crippen LogP contribution in [0.25, 0.3) is 0 Å². The minimum Gasteiger partial charge on any atom is -0.487 e. The number of ether oxygens (including phenoxy) is 1. The van der Waals surface area contributed by atoms with Crippen LogP contribution in [0.1, 0.15) is 70.5 Å². The van der Waals surface area contributed by atoms with Gasteiger partial charge in [-0.3, -0.25) is 4.90 Å². The molecule has 0 spiro atoms. The van der Waals surface area contributed by atoms with Gasteiger partial charge < -0.3 is 19.5 Å². The Morgan fingerprint density at radius 1 is 1.24 bits per heavy atom. The largest absolute Gasteiger partial charge is 0.487 e. The summed E-state index contributed by atoms with van der Waals surface area (Å²) in [6.45, 7) is 9.67. The highest BCUT2D eigenvalue weighted by molar-refractivity contribution is 6.34. The maximum Gasteiger partial charge on any atom is 0.321 e. The Bertz CT molecular complexity index is 1030. The molecule has 5 rings (SSSR count). The summed E-state index contributed by atoms with van der Waals surface area (Å²) in [6, 6.07) is 5.84. The van der Waals surface area contributed by atoms with Crippen LogP contribution in [0.15, 0.2) is 22.7 Å². The van der Waals surface area contributed by atoms with Gasteiger partial charge in [0, 0.05) is 43.6 Å². The highest BCUT2D eigenvalue weighted by atomic mass is 35.5. The molecule has 2 aromatic rings.